The normalized spacial score (nSPS) is 15.1. The number of anilines is 1. The molecule has 0 radical (unpaired) electrons. The van der Waals surface area contributed by atoms with Crippen LogP contribution in [0.2, 0.25) is 0 Å². The second-order valence-corrected chi connectivity index (χ2v) is 8.84. The Morgan fingerprint density at radius 2 is 1.76 bits per heavy atom. The van der Waals surface area contributed by atoms with E-state index in [0.717, 1.165) is 38.4 Å². The summed E-state index contributed by atoms with van der Waals surface area (Å²) >= 11 is 0. The van der Waals surface area contributed by atoms with Crippen molar-refractivity contribution in [2.45, 2.75) is 18.7 Å². The average Bonchev–Trinajstić information content (AvgIpc) is 2.70. The zero-order chi connectivity index (χ0) is 20.9. The zero-order valence-electron chi connectivity index (χ0n) is 16.8. The first-order valence-corrected chi connectivity index (χ1v) is 11.1. The first kappa shape index (κ1) is 21.3. The third kappa shape index (κ3) is 5.79. The molecule has 2 N–H and O–H groups in total. The fourth-order valence-electron chi connectivity index (χ4n) is 3.09. The smallest absolute Gasteiger partial charge is 0.261 e. The minimum atomic E-state index is -3.68. The van der Waals surface area contributed by atoms with Crippen LogP contribution in [0.5, 0.6) is 0 Å². The van der Waals surface area contributed by atoms with E-state index in [1.807, 2.05) is 6.92 Å². The van der Waals surface area contributed by atoms with Crippen LogP contribution in [0.15, 0.2) is 47.4 Å². The van der Waals surface area contributed by atoms with Gasteiger partial charge in [-0.25, -0.2) is 8.42 Å². The fourth-order valence-corrected chi connectivity index (χ4v) is 4.23. The van der Waals surface area contributed by atoms with Crippen LogP contribution in [0.4, 0.5) is 5.69 Å². The lowest BCUT2D eigenvalue weighted by molar-refractivity contribution is 0.0383. The minimum Gasteiger partial charge on any atom is -0.379 e. The van der Waals surface area contributed by atoms with E-state index in [4.69, 9.17) is 4.74 Å². The maximum Gasteiger partial charge on any atom is 0.261 e. The van der Waals surface area contributed by atoms with Crippen LogP contribution in [-0.2, 0) is 14.8 Å². The number of nitrogens with one attached hydrogen (secondary N) is 2. The third-order valence-corrected chi connectivity index (χ3v) is 6.26. The zero-order valence-corrected chi connectivity index (χ0v) is 17.6. The number of benzene rings is 2. The molecule has 0 aromatic heterocycles. The Balaban J connectivity index is 1.60. The number of nitrogens with zero attached hydrogens (tertiary/aromatic N) is 1. The van der Waals surface area contributed by atoms with E-state index < -0.39 is 10.0 Å². The molecule has 1 heterocycles. The number of carbonyl (C=O) groups is 1. The second-order valence-electron chi connectivity index (χ2n) is 7.16. The van der Waals surface area contributed by atoms with Crippen LogP contribution < -0.4 is 10.0 Å². The molecule has 2 aromatic rings. The highest BCUT2D eigenvalue weighted by Crippen LogP contribution is 2.21. The molecule has 1 saturated heterocycles. The van der Waals surface area contributed by atoms with E-state index >= 15 is 0 Å². The standard InChI is InChI=1S/C21H27N3O4S/c1-16-3-6-19(7-4-16)29(26,27)23-20-8-5-18(15-17(20)2)21(25)22-9-10-24-11-13-28-14-12-24/h3-8,15,23H,9-14H2,1-2H3,(H,22,25). The van der Waals surface area contributed by atoms with Gasteiger partial charge in [-0.15, -0.1) is 0 Å². The second kappa shape index (κ2) is 9.39. The molecular formula is C21H27N3O4S. The van der Waals surface area contributed by atoms with E-state index in [9.17, 15) is 13.2 Å². The van der Waals surface area contributed by atoms with Crippen LogP contribution in [0.1, 0.15) is 21.5 Å². The summed E-state index contributed by atoms with van der Waals surface area (Å²) in [6.07, 6.45) is 0. The first-order chi connectivity index (χ1) is 13.8. The van der Waals surface area contributed by atoms with Gasteiger partial charge in [0.2, 0.25) is 0 Å². The summed E-state index contributed by atoms with van der Waals surface area (Å²) < 4.78 is 33.1. The van der Waals surface area contributed by atoms with Gasteiger partial charge in [0.25, 0.3) is 15.9 Å². The average molecular weight is 418 g/mol. The van der Waals surface area contributed by atoms with Crippen molar-refractivity contribution in [2.24, 2.45) is 0 Å². The molecule has 0 unspecified atom stereocenters. The SMILES string of the molecule is Cc1ccc(S(=O)(=O)Nc2ccc(C(=O)NCCN3CCOCC3)cc2C)cc1. The van der Waals surface area contributed by atoms with E-state index in [2.05, 4.69) is 14.9 Å². The van der Waals surface area contributed by atoms with Crippen molar-refractivity contribution in [2.75, 3.05) is 44.1 Å². The summed E-state index contributed by atoms with van der Waals surface area (Å²) in [5.41, 5.74) is 2.63. The monoisotopic (exact) mass is 417 g/mol. The molecule has 1 aliphatic heterocycles. The molecule has 0 spiro atoms. The predicted molar refractivity (Wildman–Crippen MR) is 113 cm³/mol. The number of ether oxygens (including phenoxy) is 1. The van der Waals surface area contributed by atoms with Crippen molar-refractivity contribution in [1.29, 1.82) is 0 Å². The molecule has 0 bridgehead atoms. The van der Waals surface area contributed by atoms with Crippen LogP contribution in [0, 0.1) is 13.8 Å². The van der Waals surface area contributed by atoms with Crippen LogP contribution in [-0.4, -0.2) is 58.6 Å². The van der Waals surface area contributed by atoms with Gasteiger partial charge in [0.1, 0.15) is 0 Å². The molecule has 29 heavy (non-hydrogen) atoms. The van der Waals surface area contributed by atoms with Gasteiger partial charge in [0, 0.05) is 31.7 Å². The quantitative estimate of drug-likeness (QED) is 0.721. The number of rotatable bonds is 7. The number of carbonyl (C=O) groups excluding carboxylic acids is 1. The van der Waals surface area contributed by atoms with Crippen molar-refractivity contribution < 1.29 is 17.9 Å². The third-order valence-electron chi connectivity index (χ3n) is 4.88. The maximum atomic E-state index is 12.6. The molecule has 0 aliphatic carbocycles. The summed E-state index contributed by atoms with van der Waals surface area (Å²) in [5, 5.41) is 2.91. The molecule has 1 fully saturated rings. The van der Waals surface area contributed by atoms with Crippen molar-refractivity contribution >= 4 is 21.6 Å². The fraction of sp³-hybridized carbons (Fsp3) is 0.381. The molecule has 1 amide bonds. The molecule has 8 heteroatoms. The Hall–Kier alpha value is -2.42. The van der Waals surface area contributed by atoms with Crippen molar-refractivity contribution in [3.05, 3.63) is 59.2 Å². The summed E-state index contributed by atoms with van der Waals surface area (Å²) in [6, 6.07) is 11.6. The van der Waals surface area contributed by atoms with Gasteiger partial charge >= 0.3 is 0 Å². The van der Waals surface area contributed by atoms with E-state index in [1.165, 1.54) is 0 Å². The maximum absolute atomic E-state index is 12.6. The number of amides is 1. The largest absolute Gasteiger partial charge is 0.379 e. The van der Waals surface area contributed by atoms with Crippen LogP contribution in [0.25, 0.3) is 0 Å². The van der Waals surface area contributed by atoms with Crippen molar-refractivity contribution in [1.82, 2.24) is 10.2 Å². The van der Waals surface area contributed by atoms with Gasteiger partial charge < -0.3 is 10.1 Å². The molecule has 156 valence electrons. The lowest BCUT2D eigenvalue weighted by Gasteiger charge is -2.26. The predicted octanol–water partition coefficient (Wildman–Crippen LogP) is 2.17. The Bertz CT molecular complexity index is 952. The number of aryl methyl sites for hydroxylation is 2. The highest BCUT2D eigenvalue weighted by Gasteiger charge is 2.16. The van der Waals surface area contributed by atoms with E-state index in [1.54, 1.807) is 49.4 Å². The lowest BCUT2D eigenvalue weighted by atomic mass is 10.1. The van der Waals surface area contributed by atoms with Gasteiger partial charge in [-0.05, 0) is 49.7 Å². The molecule has 0 saturated carbocycles. The topological polar surface area (TPSA) is 87.7 Å². The summed E-state index contributed by atoms with van der Waals surface area (Å²) in [5.74, 6) is -0.172. The van der Waals surface area contributed by atoms with Gasteiger partial charge in [0.15, 0.2) is 0 Å². The van der Waals surface area contributed by atoms with Gasteiger partial charge in [-0.1, -0.05) is 17.7 Å². The highest BCUT2D eigenvalue weighted by molar-refractivity contribution is 7.92. The Morgan fingerprint density at radius 3 is 2.41 bits per heavy atom. The number of sulfonamides is 1. The van der Waals surface area contributed by atoms with E-state index in [-0.39, 0.29) is 10.8 Å². The van der Waals surface area contributed by atoms with Gasteiger partial charge in [-0.3, -0.25) is 14.4 Å². The summed E-state index contributed by atoms with van der Waals surface area (Å²) in [7, 11) is -3.68. The molecule has 0 atom stereocenters. The minimum absolute atomic E-state index is 0.172. The van der Waals surface area contributed by atoms with Crippen molar-refractivity contribution in [3.63, 3.8) is 0 Å². The summed E-state index contributed by atoms with van der Waals surface area (Å²) in [4.78, 5) is 14.8. The van der Waals surface area contributed by atoms with Gasteiger partial charge in [-0.2, -0.15) is 0 Å². The first-order valence-electron chi connectivity index (χ1n) is 9.63. The number of hydrogen-bond acceptors (Lipinski definition) is 5. The lowest BCUT2D eigenvalue weighted by Crippen LogP contribution is -2.41. The van der Waals surface area contributed by atoms with Crippen LogP contribution in [0.3, 0.4) is 0 Å². The molecule has 1 aliphatic rings. The molecule has 7 nitrogen and oxygen atoms in total. The molecule has 2 aromatic carbocycles. The Morgan fingerprint density at radius 1 is 1.07 bits per heavy atom. The molecular weight excluding hydrogens is 390 g/mol. The number of hydrogen-bond donors (Lipinski definition) is 2. The Kier molecular flexibility index (Phi) is 6.89. The highest BCUT2D eigenvalue weighted by atomic mass is 32.2. The van der Waals surface area contributed by atoms with Gasteiger partial charge in [0.05, 0.1) is 23.8 Å². The number of morpholine rings is 1. The van der Waals surface area contributed by atoms with Crippen LogP contribution >= 0.6 is 0 Å². The molecule has 3 rings (SSSR count). The van der Waals surface area contributed by atoms with E-state index in [0.29, 0.717) is 23.4 Å². The van der Waals surface area contributed by atoms with Crippen molar-refractivity contribution in [3.8, 4) is 0 Å². The summed E-state index contributed by atoms with van der Waals surface area (Å²) in [6.45, 7) is 8.23. The Labute approximate surface area is 172 Å².